The number of aryl methyl sites for hydroxylation is 3. The van der Waals surface area contributed by atoms with E-state index in [2.05, 4.69) is 15.5 Å². The van der Waals surface area contributed by atoms with Gasteiger partial charge in [-0.3, -0.25) is 9.36 Å². The molecule has 19 heavy (non-hydrogen) atoms. The maximum atomic E-state index is 12.5. The van der Waals surface area contributed by atoms with E-state index >= 15 is 0 Å². The van der Waals surface area contributed by atoms with E-state index in [0.29, 0.717) is 11.5 Å². The van der Waals surface area contributed by atoms with Crippen LogP contribution >= 0.6 is 0 Å². The van der Waals surface area contributed by atoms with E-state index in [1.54, 1.807) is 11.7 Å². The predicted molar refractivity (Wildman–Crippen MR) is 63.5 cm³/mol. The number of halogens is 3. The van der Waals surface area contributed by atoms with E-state index < -0.39 is 11.9 Å². The maximum absolute atomic E-state index is 12.5. The largest absolute Gasteiger partial charge is 0.435 e. The molecule has 8 heteroatoms. The van der Waals surface area contributed by atoms with Gasteiger partial charge in [0.05, 0.1) is 12.2 Å². The molecule has 0 aliphatic carbocycles. The van der Waals surface area contributed by atoms with Crippen LogP contribution in [0.1, 0.15) is 17.0 Å². The Morgan fingerprint density at radius 3 is 2.42 bits per heavy atom. The standard InChI is InChI=1S/C11H14F3N5/c1-7-6-18(2)17-10(7)15-5-8-4-9(11(12,13)14)16-19(8)3/h4,6H,5H2,1-3H3,(H,15,17). The van der Waals surface area contributed by atoms with Crippen LogP contribution in [-0.4, -0.2) is 19.6 Å². The minimum absolute atomic E-state index is 0.234. The fourth-order valence-electron chi connectivity index (χ4n) is 1.77. The summed E-state index contributed by atoms with van der Waals surface area (Å²) < 4.78 is 40.4. The van der Waals surface area contributed by atoms with E-state index in [4.69, 9.17) is 0 Å². The van der Waals surface area contributed by atoms with Crippen LogP contribution in [0.3, 0.4) is 0 Å². The van der Waals surface area contributed by atoms with Crippen molar-refractivity contribution in [1.82, 2.24) is 19.6 Å². The lowest BCUT2D eigenvalue weighted by atomic mass is 10.3. The molecule has 0 radical (unpaired) electrons. The lowest BCUT2D eigenvalue weighted by Crippen LogP contribution is -2.07. The molecule has 0 saturated heterocycles. The number of rotatable bonds is 3. The average Bonchev–Trinajstić information content (AvgIpc) is 2.79. The van der Waals surface area contributed by atoms with Gasteiger partial charge in [0.1, 0.15) is 0 Å². The molecule has 0 aliphatic heterocycles. The van der Waals surface area contributed by atoms with Crippen LogP contribution in [0.25, 0.3) is 0 Å². The van der Waals surface area contributed by atoms with E-state index in [-0.39, 0.29) is 6.54 Å². The molecule has 0 unspecified atom stereocenters. The molecule has 0 amide bonds. The maximum Gasteiger partial charge on any atom is 0.435 e. The van der Waals surface area contributed by atoms with Crippen LogP contribution in [0.15, 0.2) is 12.3 Å². The fraction of sp³-hybridized carbons (Fsp3) is 0.455. The van der Waals surface area contributed by atoms with Crippen LogP contribution in [0.4, 0.5) is 19.0 Å². The molecule has 2 aromatic rings. The second-order valence-corrected chi connectivity index (χ2v) is 4.33. The van der Waals surface area contributed by atoms with E-state index in [1.807, 2.05) is 13.1 Å². The van der Waals surface area contributed by atoms with Crippen LogP contribution in [-0.2, 0) is 26.8 Å². The molecular formula is C11H14F3N5. The van der Waals surface area contributed by atoms with Gasteiger partial charge in [-0.05, 0) is 13.0 Å². The zero-order chi connectivity index (χ0) is 14.2. The van der Waals surface area contributed by atoms with Crippen LogP contribution in [0.2, 0.25) is 0 Å². The lowest BCUT2D eigenvalue weighted by Gasteiger charge is -2.04. The normalized spacial score (nSPS) is 11.9. The minimum Gasteiger partial charge on any atom is -0.363 e. The molecular weight excluding hydrogens is 259 g/mol. The summed E-state index contributed by atoms with van der Waals surface area (Å²) in [5.41, 5.74) is 0.489. The third kappa shape index (κ3) is 2.88. The Bertz CT molecular complexity index is 582. The topological polar surface area (TPSA) is 47.7 Å². The van der Waals surface area contributed by atoms with Gasteiger partial charge in [-0.25, -0.2) is 0 Å². The van der Waals surface area contributed by atoms with Crippen molar-refractivity contribution in [3.05, 3.63) is 29.2 Å². The number of aromatic nitrogens is 4. The lowest BCUT2D eigenvalue weighted by molar-refractivity contribution is -0.141. The second kappa shape index (κ2) is 4.60. The van der Waals surface area contributed by atoms with Crippen molar-refractivity contribution in [3.8, 4) is 0 Å². The average molecular weight is 273 g/mol. The molecule has 0 bridgehead atoms. The van der Waals surface area contributed by atoms with Crippen LogP contribution in [0.5, 0.6) is 0 Å². The summed E-state index contributed by atoms with van der Waals surface area (Å²) in [5.74, 6) is 0.650. The Balaban J connectivity index is 2.12. The van der Waals surface area contributed by atoms with Gasteiger partial charge in [0, 0.05) is 25.9 Å². The third-order valence-corrected chi connectivity index (χ3v) is 2.72. The van der Waals surface area contributed by atoms with Crippen LogP contribution < -0.4 is 5.32 Å². The van der Waals surface area contributed by atoms with Crippen molar-refractivity contribution in [2.45, 2.75) is 19.6 Å². The number of nitrogens with zero attached hydrogens (tertiary/aromatic N) is 4. The fourth-order valence-corrected chi connectivity index (χ4v) is 1.77. The second-order valence-electron chi connectivity index (χ2n) is 4.33. The van der Waals surface area contributed by atoms with Crippen molar-refractivity contribution >= 4 is 5.82 Å². The summed E-state index contributed by atoms with van der Waals surface area (Å²) >= 11 is 0. The number of nitrogens with one attached hydrogen (secondary N) is 1. The highest BCUT2D eigenvalue weighted by molar-refractivity contribution is 5.42. The Hall–Kier alpha value is -1.99. The van der Waals surface area contributed by atoms with Gasteiger partial charge in [0.25, 0.3) is 0 Å². The Labute approximate surface area is 108 Å². The Morgan fingerprint density at radius 1 is 1.26 bits per heavy atom. The third-order valence-electron chi connectivity index (χ3n) is 2.72. The smallest absolute Gasteiger partial charge is 0.363 e. The van der Waals surface area contributed by atoms with E-state index in [1.165, 1.54) is 11.7 Å². The molecule has 0 aliphatic rings. The van der Waals surface area contributed by atoms with Crippen molar-refractivity contribution < 1.29 is 13.2 Å². The summed E-state index contributed by atoms with van der Waals surface area (Å²) in [5, 5.41) is 10.6. The van der Waals surface area contributed by atoms with Crippen molar-refractivity contribution in [2.75, 3.05) is 5.32 Å². The van der Waals surface area contributed by atoms with Gasteiger partial charge in [0.15, 0.2) is 11.5 Å². The molecule has 2 aromatic heterocycles. The quantitative estimate of drug-likeness (QED) is 0.931. The Morgan fingerprint density at radius 2 is 1.95 bits per heavy atom. The highest BCUT2D eigenvalue weighted by atomic mass is 19.4. The number of hydrogen-bond acceptors (Lipinski definition) is 3. The van der Waals surface area contributed by atoms with Gasteiger partial charge in [-0.1, -0.05) is 0 Å². The highest BCUT2D eigenvalue weighted by Gasteiger charge is 2.34. The van der Waals surface area contributed by atoms with Gasteiger partial charge in [-0.15, -0.1) is 0 Å². The first-order valence-corrected chi connectivity index (χ1v) is 5.61. The molecule has 0 atom stereocenters. The number of hydrogen-bond donors (Lipinski definition) is 1. The van der Waals surface area contributed by atoms with Gasteiger partial charge >= 0.3 is 6.18 Å². The van der Waals surface area contributed by atoms with Crippen molar-refractivity contribution in [2.24, 2.45) is 14.1 Å². The molecule has 1 N–H and O–H groups in total. The first-order chi connectivity index (χ1) is 8.77. The first kappa shape index (κ1) is 13.4. The highest BCUT2D eigenvalue weighted by Crippen LogP contribution is 2.28. The number of alkyl halides is 3. The van der Waals surface area contributed by atoms with Crippen molar-refractivity contribution in [1.29, 1.82) is 0 Å². The molecule has 5 nitrogen and oxygen atoms in total. The summed E-state index contributed by atoms with van der Waals surface area (Å²) in [7, 11) is 3.27. The minimum atomic E-state index is -4.42. The SMILES string of the molecule is Cc1cn(C)nc1NCc1cc(C(F)(F)F)nn1C. The summed E-state index contributed by atoms with van der Waals surface area (Å²) in [4.78, 5) is 0. The molecule has 0 saturated carbocycles. The number of anilines is 1. The molecule has 0 spiro atoms. The van der Waals surface area contributed by atoms with Gasteiger partial charge in [-0.2, -0.15) is 23.4 Å². The predicted octanol–water partition coefficient (Wildman–Crippen LogP) is 2.09. The molecule has 0 fully saturated rings. The molecule has 2 rings (SSSR count). The van der Waals surface area contributed by atoms with Crippen molar-refractivity contribution in [3.63, 3.8) is 0 Å². The zero-order valence-corrected chi connectivity index (χ0v) is 10.8. The van der Waals surface area contributed by atoms with Gasteiger partial charge in [0.2, 0.25) is 0 Å². The monoisotopic (exact) mass is 273 g/mol. The van der Waals surface area contributed by atoms with Gasteiger partial charge < -0.3 is 5.32 Å². The van der Waals surface area contributed by atoms with E-state index in [0.717, 1.165) is 11.6 Å². The van der Waals surface area contributed by atoms with E-state index in [9.17, 15) is 13.2 Å². The summed E-state index contributed by atoms with van der Waals surface area (Å²) in [6, 6.07) is 1.03. The first-order valence-electron chi connectivity index (χ1n) is 5.61. The zero-order valence-electron chi connectivity index (χ0n) is 10.8. The molecule has 104 valence electrons. The molecule has 2 heterocycles. The van der Waals surface area contributed by atoms with Crippen LogP contribution in [0, 0.1) is 6.92 Å². The Kier molecular flexibility index (Phi) is 3.25. The summed E-state index contributed by atoms with van der Waals surface area (Å²) in [6.07, 6.45) is -2.59. The summed E-state index contributed by atoms with van der Waals surface area (Å²) in [6.45, 7) is 2.11. The molecule has 0 aromatic carbocycles.